The Balaban J connectivity index is 1.90. The molecule has 1 aliphatic heterocycles. The van der Waals surface area contributed by atoms with E-state index < -0.39 is 10.0 Å². The molecule has 20 heavy (non-hydrogen) atoms. The summed E-state index contributed by atoms with van der Waals surface area (Å²) < 4.78 is 27.0. The number of nitrogens with one attached hydrogen (secondary N) is 1. The second kappa shape index (κ2) is 5.47. The maximum Gasteiger partial charge on any atom is 0.243 e. The molecule has 0 saturated carbocycles. The van der Waals surface area contributed by atoms with Crippen molar-refractivity contribution in [2.45, 2.75) is 43.5 Å². The molecule has 0 amide bonds. The fourth-order valence-electron chi connectivity index (χ4n) is 3.13. The predicted molar refractivity (Wildman–Crippen MR) is 79.3 cm³/mol. The molecule has 1 N–H and O–H groups in total. The zero-order valence-corrected chi connectivity index (χ0v) is 12.7. The molecule has 110 valence electrons. The summed E-state index contributed by atoms with van der Waals surface area (Å²) in [5.41, 5.74) is 2.55. The minimum Gasteiger partial charge on any atom is -0.312 e. The van der Waals surface area contributed by atoms with Gasteiger partial charge in [-0.15, -0.1) is 0 Å². The summed E-state index contributed by atoms with van der Waals surface area (Å²) in [5, 5.41) is 3.28. The topological polar surface area (TPSA) is 49.4 Å². The van der Waals surface area contributed by atoms with Crippen molar-refractivity contribution >= 4 is 10.0 Å². The van der Waals surface area contributed by atoms with Gasteiger partial charge in [0.15, 0.2) is 0 Å². The van der Waals surface area contributed by atoms with Crippen LogP contribution in [0.5, 0.6) is 0 Å². The fraction of sp³-hybridized carbons (Fsp3) is 0.600. The molecule has 0 aromatic heterocycles. The Morgan fingerprint density at radius 3 is 2.70 bits per heavy atom. The molecule has 4 nitrogen and oxygen atoms in total. The Hall–Kier alpha value is -0.910. The van der Waals surface area contributed by atoms with Gasteiger partial charge in [0, 0.05) is 25.7 Å². The summed E-state index contributed by atoms with van der Waals surface area (Å²) in [5.74, 6) is 0. The summed E-state index contributed by atoms with van der Waals surface area (Å²) in [6, 6.07) is 5.91. The van der Waals surface area contributed by atoms with Crippen molar-refractivity contribution < 1.29 is 8.42 Å². The molecule has 1 aliphatic carbocycles. The summed E-state index contributed by atoms with van der Waals surface area (Å²) in [6.07, 6.45) is 4.48. The van der Waals surface area contributed by atoms with Gasteiger partial charge in [-0.05, 0) is 55.9 Å². The van der Waals surface area contributed by atoms with Crippen molar-refractivity contribution in [3.8, 4) is 0 Å². The smallest absolute Gasteiger partial charge is 0.243 e. The lowest BCUT2D eigenvalue weighted by molar-refractivity contribution is 0.310. The molecule has 0 bridgehead atoms. The van der Waals surface area contributed by atoms with Crippen LogP contribution in [0, 0.1) is 0 Å². The first-order valence-corrected chi connectivity index (χ1v) is 8.87. The third-order valence-electron chi connectivity index (χ3n) is 4.29. The van der Waals surface area contributed by atoms with Gasteiger partial charge in [-0.3, -0.25) is 0 Å². The number of hydrogen-bond donors (Lipinski definition) is 1. The molecule has 1 aromatic rings. The molecular weight excluding hydrogens is 272 g/mol. The average molecular weight is 294 g/mol. The SMILES string of the molecule is C[C@@H]1CN(S(=O)(=O)c2ccc3c(c2)CCCC3)CCN1. The molecule has 1 aromatic carbocycles. The van der Waals surface area contributed by atoms with E-state index in [1.165, 1.54) is 24.0 Å². The molecule has 1 heterocycles. The summed E-state index contributed by atoms with van der Waals surface area (Å²) in [6.45, 7) is 3.86. The number of fused-ring (bicyclic) bond motifs is 1. The highest BCUT2D eigenvalue weighted by molar-refractivity contribution is 7.89. The third-order valence-corrected chi connectivity index (χ3v) is 6.15. The standard InChI is InChI=1S/C15H22N2O2S/c1-12-11-17(9-8-16-12)20(18,19)15-7-6-13-4-2-3-5-14(13)10-15/h6-7,10,12,16H,2-5,8-9,11H2,1H3/t12-/m1/s1. The maximum absolute atomic E-state index is 12.7. The molecule has 0 unspecified atom stereocenters. The van der Waals surface area contributed by atoms with Crippen molar-refractivity contribution in [3.63, 3.8) is 0 Å². The van der Waals surface area contributed by atoms with E-state index in [1.54, 1.807) is 10.4 Å². The van der Waals surface area contributed by atoms with Crippen LogP contribution in [0.25, 0.3) is 0 Å². The lowest BCUT2D eigenvalue weighted by Crippen LogP contribution is -2.51. The first-order valence-electron chi connectivity index (χ1n) is 7.43. The van der Waals surface area contributed by atoms with Crippen molar-refractivity contribution in [1.82, 2.24) is 9.62 Å². The van der Waals surface area contributed by atoms with E-state index in [0.29, 0.717) is 18.0 Å². The Kier molecular flexibility index (Phi) is 3.84. The number of benzene rings is 1. The fourth-order valence-corrected chi connectivity index (χ4v) is 4.72. The first-order chi connectivity index (χ1) is 9.57. The number of aryl methyl sites for hydroxylation is 2. The van der Waals surface area contributed by atoms with Gasteiger partial charge in [0.05, 0.1) is 4.90 Å². The number of hydrogen-bond acceptors (Lipinski definition) is 3. The highest BCUT2D eigenvalue weighted by atomic mass is 32.2. The van der Waals surface area contributed by atoms with Gasteiger partial charge in [0.2, 0.25) is 10.0 Å². The van der Waals surface area contributed by atoms with Crippen LogP contribution < -0.4 is 5.32 Å². The van der Waals surface area contributed by atoms with E-state index in [1.807, 2.05) is 19.1 Å². The molecule has 1 saturated heterocycles. The highest BCUT2D eigenvalue weighted by Gasteiger charge is 2.29. The largest absolute Gasteiger partial charge is 0.312 e. The van der Waals surface area contributed by atoms with Gasteiger partial charge >= 0.3 is 0 Å². The quantitative estimate of drug-likeness (QED) is 0.900. The summed E-state index contributed by atoms with van der Waals surface area (Å²) >= 11 is 0. The molecule has 2 aliphatic rings. The van der Waals surface area contributed by atoms with E-state index in [4.69, 9.17) is 0 Å². The van der Waals surface area contributed by atoms with E-state index in [-0.39, 0.29) is 6.04 Å². The van der Waals surface area contributed by atoms with Gasteiger partial charge in [-0.1, -0.05) is 6.07 Å². The van der Waals surface area contributed by atoms with Gasteiger partial charge in [0.1, 0.15) is 0 Å². The van der Waals surface area contributed by atoms with Crippen LogP contribution in [0.1, 0.15) is 30.9 Å². The highest BCUT2D eigenvalue weighted by Crippen LogP contribution is 2.26. The van der Waals surface area contributed by atoms with Crippen molar-refractivity contribution in [2.24, 2.45) is 0 Å². The molecule has 0 spiro atoms. The Morgan fingerprint density at radius 2 is 1.95 bits per heavy atom. The molecular formula is C15H22N2O2S. The summed E-state index contributed by atoms with van der Waals surface area (Å²) in [4.78, 5) is 0.465. The Bertz CT molecular complexity index is 598. The van der Waals surface area contributed by atoms with E-state index >= 15 is 0 Å². The lowest BCUT2D eigenvalue weighted by Gasteiger charge is -2.31. The Morgan fingerprint density at radius 1 is 1.20 bits per heavy atom. The second-order valence-electron chi connectivity index (χ2n) is 5.86. The normalized spacial score (nSPS) is 24.4. The minimum absolute atomic E-state index is 0.219. The van der Waals surface area contributed by atoms with Crippen LogP contribution in [0.3, 0.4) is 0 Å². The van der Waals surface area contributed by atoms with Gasteiger partial charge in [-0.25, -0.2) is 8.42 Å². The number of nitrogens with zero attached hydrogens (tertiary/aromatic N) is 1. The van der Waals surface area contributed by atoms with Crippen LogP contribution in [-0.2, 0) is 22.9 Å². The average Bonchev–Trinajstić information content (AvgIpc) is 2.46. The first kappa shape index (κ1) is 14.0. The van der Waals surface area contributed by atoms with E-state index in [9.17, 15) is 8.42 Å². The number of rotatable bonds is 2. The third kappa shape index (κ3) is 2.62. The molecule has 5 heteroatoms. The zero-order chi connectivity index (χ0) is 14.2. The molecule has 3 rings (SSSR count). The molecule has 1 fully saturated rings. The zero-order valence-electron chi connectivity index (χ0n) is 11.9. The maximum atomic E-state index is 12.7. The van der Waals surface area contributed by atoms with Crippen molar-refractivity contribution in [3.05, 3.63) is 29.3 Å². The van der Waals surface area contributed by atoms with Crippen molar-refractivity contribution in [2.75, 3.05) is 19.6 Å². The molecule has 0 radical (unpaired) electrons. The van der Waals surface area contributed by atoms with Crippen LogP contribution in [0.4, 0.5) is 0 Å². The molecule has 1 atom stereocenters. The van der Waals surface area contributed by atoms with Crippen LogP contribution in [-0.4, -0.2) is 38.4 Å². The van der Waals surface area contributed by atoms with E-state index in [0.717, 1.165) is 19.4 Å². The predicted octanol–water partition coefficient (Wildman–Crippen LogP) is 1.55. The van der Waals surface area contributed by atoms with Gasteiger partial charge in [0.25, 0.3) is 0 Å². The van der Waals surface area contributed by atoms with Crippen LogP contribution >= 0.6 is 0 Å². The van der Waals surface area contributed by atoms with Gasteiger partial charge < -0.3 is 5.32 Å². The number of piperazine rings is 1. The van der Waals surface area contributed by atoms with E-state index in [2.05, 4.69) is 5.32 Å². The lowest BCUT2D eigenvalue weighted by atomic mass is 9.92. The summed E-state index contributed by atoms with van der Waals surface area (Å²) in [7, 11) is -3.34. The van der Waals surface area contributed by atoms with Crippen LogP contribution in [0.15, 0.2) is 23.1 Å². The van der Waals surface area contributed by atoms with Gasteiger partial charge in [-0.2, -0.15) is 4.31 Å². The minimum atomic E-state index is -3.34. The number of sulfonamides is 1. The van der Waals surface area contributed by atoms with Crippen LogP contribution in [0.2, 0.25) is 0 Å². The monoisotopic (exact) mass is 294 g/mol. The van der Waals surface area contributed by atoms with Crippen molar-refractivity contribution in [1.29, 1.82) is 0 Å². The second-order valence-corrected chi connectivity index (χ2v) is 7.79. The Labute approximate surface area is 121 Å².